The Balaban J connectivity index is 1.39. The predicted molar refractivity (Wildman–Crippen MR) is 130 cm³/mol. The molecule has 0 heterocycles. The Hall–Kier alpha value is -3.72. The van der Waals surface area contributed by atoms with Gasteiger partial charge in [-0.3, -0.25) is 9.59 Å². The number of amides is 2. The van der Waals surface area contributed by atoms with Crippen LogP contribution in [0.1, 0.15) is 29.0 Å². The van der Waals surface area contributed by atoms with Crippen molar-refractivity contribution in [1.82, 2.24) is 10.6 Å². The second-order valence-electron chi connectivity index (χ2n) is 8.07. The number of rotatable bonds is 8. The normalized spacial score (nSPS) is 12.9. The SMILES string of the molecule is O=C(O)CC(NC(=O)OCC1c2ccccc2-c2ccccc21)C(=O)NCc1cc(Br)ccc1F. The highest BCUT2D eigenvalue weighted by Crippen LogP contribution is 2.44. The maximum atomic E-state index is 13.9. The van der Waals surface area contributed by atoms with Crippen molar-refractivity contribution in [3.63, 3.8) is 0 Å². The van der Waals surface area contributed by atoms with Crippen LogP contribution in [0.15, 0.2) is 71.2 Å². The zero-order valence-electron chi connectivity index (χ0n) is 18.5. The third-order valence-corrected chi connectivity index (χ3v) is 6.29. The molecule has 0 radical (unpaired) electrons. The zero-order valence-corrected chi connectivity index (χ0v) is 20.0. The quantitative estimate of drug-likeness (QED) is 0.387. The van der Waals surface area contributed by atoms with Crippen molar-refractivity contribution in [3.8, 4) is 11.1 Å². The van der Waals surface area contributed by atoms with Crippen LogP contribution in [0.3, 0.4) is 0 Å². The summed E-state index contributed by atoms with van der Waals surface area (Å²) in [5.41, 5.74) is 4.40. The molecule has 1 atom stereocenters. The number of halogens is 2. The number of nitrogens with one attached hydrogen (secondary N) is 2. The second kappa shape index (κ2) is 10.7. The van der Waals surface area contributed by atoms with Crippen molar-refractivity contribution in [1.29, 1.82) is 0 Å². The number of benzene rings is 3. The van der Waals surface area contributed by atoms with Gasteiger partial charge in [0.25, 0.3) is 0 Å². The monoisotopic (exact) mass is 540 g/mol. The van der Waals surface area contributed by atoms with E-state index in [1.54, 1.807) is 0 Å². The molecule has 1 unspecified atom stereocenters. The van der Waals surface area contributed by atoms with E-state index in [1.165, 1.54) is 18.2 Å². The molecule has 3 aromatic carbocycles. The standard InChI is InChI=1S/C26H22BrFN2O5/c27-16-9-10-22(28)15(11-16)13-29-25(33)23(12-24(31)32)30-26(34)35-14-21-19-7-3-1-5-17(19)18-6-2-4-8-20(18)21/h1-11,21,23H,12-14H2,(H,29,33)(H,30,34)(H,31,32). The van der Waals surface area contributed by atoms with E-state index in [-0.39, 0.29) is 24.6 Å². The molecule has 0 spiro atoms. The lowest BCUT2D eigenvalue weighted by molar-refractivity contribution is -0.139. The molecule has 180 valence electrons. The first-order valence-electron chi connectivity index (χ1n) is 10.9. The van der Waals surface area contributed by atoms with E-state index >= 15 is 0 Å². The Morgan fingerprint density at radius 1 is 1.00 bits per heavy atom. The van der Waals surface area contributed by atoms with Crippen molar-refractivity contribution < 1.29 is 28.6 Å². The van der Waals surface area contributed by atoms with Crippen molar-refractivity contribution in [3.05, 3.63) is 93.7 Å². The van der Waals surface area contributed by atoms with Crippen LogP contribution >= 0.6 is 15.9 Å². The highest BCUT2D eigenvalue weighted by atomic mass is 79.9. The molecule has 0 bridgehead atoms. The molecular formula is C26H22BrFN2O5. The first-order valence-corrected chi connectivity index (χ1v) is 11.7. The summed E-state index contributed by atoms with van der Waals surface area (Å²) in [4.78, 5) is 36.4. The predicted octanol–water partition coefficient (Wildman–Crippen LogP) is 4.59. The maximum absolute atomic E-state index is 13.9. The lowest BCUT2D eigenvalue weighted by Crippen LogP contribution is -2.48. The third-order valence-electron chi connectivity index (χ3n) is 5.79. The number of hydrogen-bond acceptors (Lipinski definition) is 4. The number of ether oxygens (including phenoxy) is 1. The fraction of sp³-hybridized carbons (Fsp3) is 0.192. The Kier molecular flexibility index (Phi) is 7.45. The molecule has 0 saturated heterocycles. The number of carbonyl (C=O) groups is 3. The fourth-order valence-electron chi connectivity index (χ4n) is 4.15. The number of carboxylic acid groups (broad SMARTS) is 1. The minimum atomic E-state index is -1.39. The lowest BCUT2D eigenvalue weighted by atomic mass is 9.98. The van der Waals surface area contributed by atoms with E-state index in [0.717, 1.165) is 22.3 Å². The summed E-state index contributed by atoms with van der Waals surface area (Å²) in [5.74, 6) is -2.75. The van der Waals surface area contributed by atoms with Crippen LogP contribution in [0, 0.1) is 5.82 Å². The Bertz CT molecular complexity index is 1240. The van der Waals surface area contributed by atoms with Crippen LogP contribution in [0.2, 0.25) is 0 Å². The molecule has 0 aromatic heterocycles. The lowest BCUT2D eigenvalue weighted by Gasteiger charge is -2.19. The van der Waals surface area contributed by atoms with Gasteiger partial charge in [0.05, 0.1) is 6.42 Å². The Labute approximate surface area is 209 Å². The van der Waals surface area contributed by atoms with Gasteiger partial charge in [0.15, 0.2) is 0 Å². The minimum absolute atomic E-state index is 0.0184. The van der Waals surface area contributed by atoms with Crippen LogP contribution < -0.4 is 10.6 Å². The first-order chi connectivity index (χ1) is 16.8. The second-order valence-corrected chi connectivity index (χ2v) is 8.99. The minimum Gasteiger partial charge on any atom is -0.481 e. The van der Waals surface area contributed by atoms with E-state index in [0.29, 0.717) is 4.47 Å². The van der Waals surface area contributed by atoms with Gasteiger partial charge in [-0.1, -0.05) is 64.5 Å². The van der Waals surface area contributed by atoms with Gasteiger partial charge >= 0.3 is 12.1 Å². The van der Waals surface area contributed by atoms with Gasteiger partial charge in [-0.2, -0.15) is 0 Å². The summed E-state index contributed by atoms with van der Waals surface area (Å²) in [6.07, 6.45) is -1.57. The molecule has 9 heteroatoms. The third kappa shape index (κ3) is 5.68. The molecule has 4 rings (SSSR count). The van der Waals surface area contributed by atoms with Crippen molar-refractivity contribution in [2.45, 2.75) is 24.9 Å². The highest BCUT2D eigenvalue weighted by Gasteiger charge is 2.30. The molecule has 7 nitrogen and oxygen atoms in total. The van der Waals surface area contributed by atoms with Gasteiger partial charge < -0.3 is 20.5 Å². The molecular weight excluding hydrogens is 519 g/mol. The molecule has 3 aromatic rings. The smallest absolute Gasteiger partial charge is 0.407 e. The van der Waals surface area contributed by atoms with E-state index < -0.39 is 36.2 Å². The molecule has 0 aliphatic heterocycles. The molecule has 35 heavy (non-hydrogen) atoms. The van der Waals surface area contributed by atoms with Crippen LogP contribution in [-0.4, -0.2) is 35.7 Å². The molecule has 1 aliphatic carbocycles. The van der Waals surface area contributed by atoms with Gasteiger partial charge in [0.1, 0.15) is 18.5 Å². The van der Waals surface area contributed by atoms with E-state index in [4.69, 9.17) is 4.74 Å². The summed E-state index contributed by atoms with van der Waals surface area (Å²) < 4.78 is 20.0. The van der Waals surface area contributed by atoms with Gasteiger partial charge in [-0.05, 0) is 40.5 Å². The van der Waals surface area contributed by atoms with E-state index in [2.05, 4.69) is 26.6 Å². The van der Waals surface area contributed by atoms with Crippen molar-refractivity contribution in [2.24, 2.45) is 0 Å². The number of carbonyl (C=O) groups excluding carboxylic acids is 2. The van der Waals surface area contributed by atoms with Crippen LogP contribution in [0.25, 0.3) is 11.1 Å². The summed E-state index contributed by atoms with van der Waals surface area (Å²) in [6, 6.07) is 18.6. The van der Waals surface area contributed by atoms with Crippen LogP contribution in [0.4, 0.5) is 9.18 Å². The van der Waals surface area contributed by atoms with Crippen molar-refractivity contribution in [2.75, 3.05) is 6.61 Å². The topological polar surface area (TPSA) is 105 Å². The molecule has 0 saturated carbocycles. The number of aliphatic carboxylic acids is 1. The van der Waals surface area contributed by atoms with Crippen molar-refractivity contribution >= 4 is 33.9 Å². The largest absolute Gasteiger partial charge is 0.481 e. The molecule has 0 fully saturated rings. The molecule has 3 N–H and O–H groups in total. The van der Waals surface area contributed by atoms with Crippen LogP contribution in [0.5, 0.6) is 0 Å². The number of fused-ring (bicyclic) bond motifs is 3. The van der Waals surface area contributed by atoms with Gasteiger partial charge in [-0.25, -0.2) is 9.18 Å². The summed E-state index contributed by atoms with van der Waals surface area (Å²) in [5, 5.41) is 14.0. The summed E-state index contributed by atoms with van der Waals surface area (Å²) >= 11 is 3.23. The van der Waals surface area contributed by atoms with E-state index in [9.17, 15) is 23.9 Å². The first kappa shape index (κ1) is 24.4. The fourth-order valence-corrected chi connectivity index (χ4v) is 4.56. The highest BCUT2D eigenvalue weighted by molar-refractivity contribution is 9.10. The van der Waals surface area contributed by atoms with Gasteiger partial charge in [-0.15, -0.1) is 0 Å². The average Bonchev–Trinajstić information content (AvgIpc) is 3.16. The molecule has 1 aliphatic rings. The summed E-state index contributed by atoms with van der Waals surface area (Å²) in [6.45, 7) is -0.156. The summed E-state index contributed by atoms with van der Waals surface area (Å²) in [7, 11) is 0. The maximum Gasteiger partial charge on any atom is 0.407 e. The van der Waals surface area contributed by atoms with Gasteiger partial charge in [0.2, 0.25) is 5.91 Å². The average molecular weight is 541 g/mol. The zero-order chi connectivity index (χ0) is 24.9. The number of carboxylic acids is 1. The van der Waals surface area contributed by atoms with Gasteiger partial charge in [0, 0.05) is 22.5 Å². The Morgan fingerprint density at radius 2 is 1.63 bits per heavy atom. The molecule has 2 amide bonds. The number of alkyl carbamates (subject to hydrolysis) is 1. The van der Waals surface area contributed by atoms with E-state index in [1.807, 2.05) is 48.5 Å². The number of hydrogen-bond donors (Lipinski definition) is 3. The van der Waals surface area contributed by atoms with Crippen LogP contribution in [-0.2, 0) is 20.9 Å². The Morgan fingerprint density at radius 3 is 2.26 bits per heavy atom.